The van der Waals surface area contributed by atoms with E-state index in [0.29, 0.717) is 47.4 Å². The number of rotatable bonds is 5. The first-order valence-electron chi connectivity index (χ1n) is 10.5. The Morgan fingerprint density at radius 3 is 2.80 bits per heavy atom. The van der Waals surface area contributed by atoms with Crippen molar-refractivity contribution in [1.82, 2.24) is 4.98 Å². The molecule has 4 rings (SSSR count). The summed E-state index contributed by atoms with van der Waals surface area (Å²) in [5.74, 6) is 1.22. The fraction of sp³-hybridized carbons (Fsp3) is 0.435. The van der Waals surface area contributed by atoms with E-state index < -0.39 is 0 Å². The number of fused-ring (bicyclic) bond motifs is 2. The maximum absolute atomic E-state index is 12.9. The van der Waals surface area contributed by atoms with E-state index in [1.54, 1.807) is 12.1 Å². The minimum Gasteiger partial charge on any atom is -0.486 e. The number of anilines is 1. The Kier molecular flexibility index (Phi) is 6.44. The smallest absolute Gasteiger partial charge is 0.237 e. The number of ether oxygens (including phenoxy) is 2. The van der Waals surface area contributed by atoms with Crippen molar-refractivity contribution in [1.29, 1.82) is 5.26 Å². The van der Waals surface area contributed by atoms with Crippen LogP contribution in [0.25, 0.3) is 0 Å². The van der Waals surface area contributed by atoms with Crippen LogP contribution in [0.5, 0.6) is 11.5 Å². The van der Waals surface area contributed by atoms with Gasteiger partial charge in [0.25, 0.3) is 0 Å². The van der Waals surface area contributed by atoms with Crippen molar-refractivity contribution in [3.63, 3.8) is 0 Å². The molecule has 1 atom stereocenters. The molecule has 1 aliphatic heterocycles. The molecule has 156 valence electrons. The van der Waals surface area contributed by atoms with Crippen LogP contribution in [0.2, 0.25) is 0 Å². The minimum atomic E-state index is -0.346. The molecule has 30 heavy (non-hydrogen) atoms. The Hall–Kier alpha value is -2.72. The summed E-state index contributed by atoms with van der Waals surface area (Å²) >= 11 is 1.37. The summed E-state index contributed by atoms with van der Waals surface area (Å²) in [5, 5.41) is 12.9. The van der Waals surface area contributed by atoms with E-state index in [1.165, 1.54) is 23.7 Å². The quantitative estimate of drug-likeness (QED) is 0.563. The maximum Gasteiger partial charge on any atom is 0.237 e. The topological polar surface area (TPSA) is 84.2 Å². The largest absolute Gasteiger partial charge is 0.486 e. The molecule has 2 aliphatic rings. The number of nitrogens with one attached hydrogen (secondary N) is 1. The van der Waals surface area contributed by atoms with Gasteiger partial charge in [-0.15, -0.1) is 0 Å². The summed E-state index contributed by atoms with van der Waals surface area (Å²) in [5.41, 5.74) is 3.49. The van der Waals surface area contributed by atoms with Crippen LogP contribution in [0.4, 0.5) is 5.69 Å². The number of carbonyl (C=O) groups excluding carboxylic acids is 1. The third-order valence-electron chi connectivity index (χ3n) is 5.36. The lowest BCUT2D eigenvalue weighted by atomic mass is 10.1. The van der Waals surface area contributed by atoms with Crippen LogP contribution >= 0.6 is 11.8 Å². The summed E-state index contributed by atoms with van der Waals surface area (Å²) in [4.78, 5) is 17.7. The molecule has 0 radical (unpaired) electrons. The number of carbonyl (C=O) groups is 1. The zero-order valence-corrected chi connectivity index (χ0v) is 17.9. The zero-order valence-electron chi connectivity index (χ0n) is 17.1. The molecular weight excluding hydrogens is 398 g/mol. The van der Waals surface area contributed by atoms with Crippen molar-refractivity contribution in [2.45, 2.75) is 55.7 Å². The first-order chi connectivity index (χ1) is 14.7. The summed E-state index contributed by atoms with van der Waals surface area (Å²) < 4.78 is 11.1. The summed E-state index contributed by atoms with van der Waals surface area (Å²) in [6.45, 7) is 3.00. The van der Waals surface area contributed by atoms with Gasteiger partial charge in [-0.05, 0) is 55.9 Å². The van der Waals surface area contributed by atoms with Crippen LogP contribution in [-0.4, -0.2) is 29.4 Å². The van der Waals surface area contributed by atoms with Crippen molar-refractivity contribution in [3.05, 3.63) is 41.1 Å². The number of nitrogens with zero attached hydrogens (tertiary/aromatic N) is 2. The predicted molar refractivity (Wildman–Crippen MR) is 116 cm³/mol. The predicted octanol–water partition coefficient (Wildman–Crippen LogP) is 4.50. The van der Waals surface area contributed by atoms with Crippen LogP contribution in [0.3, 0.4) is 0 Å². The standard InChI is InChI=1S/C23H25N3O3S/c1-2-21(22(27)25-17-8-9-19-20(13-17)29-11-10-28-19)30-23-16(14-24)12-15-6-4-3-5-7-18(15)26-23/h8-9,12-13,21H,2-7,10-11H2,1H3,(H,25,27). The van der Waals surface area contributed by atoms with Gasteiger partial charge in [0.2, 0.25) is 5.91 Å². The third-order valence-corrected chi connectivity index (χ3v) is 6.73. The highest BCUT2D eigenvalue weighted by molar-refractivity contribution is 8.00. The molecule has 7 heteroatoms. The fourth-order valence-corrected chi connectivity index (χ4v) is 4.76. The first kappa shape index (κ1) is 20.5. The van der Waals surface area contributed by atoms with Gasteiger partial charge in [-0.1, -0.05) is 25.1 Å². The maximum atomic E-state index is 12.9. The number of aromatic nitrogens is 1. The second-order valence-electron chi connectivity index (χ2n) is 7.48. The summed E-state index contributed by atoms with van der Waals surface area (Å²) in [6, 6.07) is 9.64. The van der Waals surface area contributed by atoms with E-state index >= 15 is 0 Å². The van der Waals surface area contributed by atoms with Gasteiger partial charge < -0.3 is 14.8 Å². The number of aryl methyl sites for hydroxylation is 2. The summed E-state index contributed by atoms with van der Waals surface area (Å²) in [7, 11) is 0. The highest BCUT2D eigenvalue weighted by Crippen LogP contribution is 2.34. The molecule has 0 bridgehead atoms. The van der Waals surface area contributed by atoms with Crippen molar-refractivity contribution < 1.29 is 14.3 Å². The molecular formula is C23H25N3O3S. The van der Waals surface area contributed by atoms with Crippen LogP contribution in [-0.2, 0) is 17.6 Å². The number of nitriles is 1. The number of pyridine rings is 1. The van der Waals surface area contributed by atoms with Crippen molar-refractivity contribution >= 4 is 23.4 Å². The Morgan fingerprint density at radius 2 is 2.00 bits per heavy atom. The van der Waals surface area contributed by atoms with Gasteiger partial charge in [0.05, 0.1) is 10.8 Å². The van der Waals surface area contributed by atoms with Crippen LogP contribution in [0.1, 0.15) is 49.4 Å². The molecule has 1 N–H and O–H groups in total. The molecule has 2 heterocycles. The van der Waals surface area contributed by atoms with E-state index in [9.17, 15) is 10.1 Å². The van der Waals surface area contributed by atoms with Gasteiger partial charge in [0, 0.05) is 17.4 Å². The Morgan fingerprint density at radius 1 is 1.20 bits per heavy atom. The van der Waals surface area contributed by atoms with Crippen LogP contribution < -0.4 is 14.8 Å². The lowest BCUT2D eigenvalue weighted by Crippen LogP contribution is -2.25. The lowest BCUT2D eigenvalue weighted by Gasteiger charge is -2.20. The van der Waals surface area contributed by atoms with Crippen molar-refractivity contribution in [2.24, 2.45) is 0 Å². The fourth-order valence-electron chi connectivity index (χ4n) is 3.76. The normalized spacial score (nSPS) is 16.0. The molecule has 1 aromatic heterocycles. The Bertz CT molecular complexity index is 986. The van der Waals surface area contributed by atoms with Crippen molar-refractivity contribution in [2.75, 3.05) is 18.5 Å². The van der Waals surface area contributed by atoms with Gasteiger partial charge >= 0.3 is 0 Å². The molecule has 0 saturated carbocycles. The van der Waals surface area contributed by atoms with Gasteiger partial charge in [0.15, 0.2) is 11.5 Å². The van der Waals surface area contributed by atoms with E-state index in [2.05, 4.69) is 11.4 Å². The average molecular weight is 424 g/mol. The SMILES string of the molecule is CCC(Sc1nc2c(cc1C#N)CCCCC2)C(=O)Nc1ccc2c(c1)OCCO2. The van der Waals surface area contributed by atoms with Gasteiger partial charge in [-0.3, -0.25) is 4.79 Å². The van der Waals surface area contributed by atoms with Crippen LogP contribution in [0.15, 0.2) is 29.3 Å². The monoisotopic (exact) mass is 423 g/mol. The van der Waals surface area contributed by atoms with Crippen LogP contribution in [0, 0.1) is 11.3 Å². The summed E-state index contributed by atoms with van der Waals surface area (Å²) in [6.07, 6.45) is 6.00. The van der Waals surface area contributed by atoms with Gasteiger partial charge in [-0.2, -0.15) is 5.26 Å². The highest BCUT2D eigenvalue weighted by atomic mass is 32.2. The molecule has 1 unspecified atom stereocenters. The molecule has 2 aromatic rings. The number of thioether (sulfide) groups is 1. The molecule has 0 fully saturated rings. The zero-order chi connectivity index (χ0) is 20.9. The average Bonchev–Trinajstić information content (AvgIpc) is 3.01. The third kappa shape index (κ3) is 4.54. The van der Waals surface area contributed by atoms with Crippen molar-refractivity contribution in [3.8, 4) is 17.6 Å². The number of benzene rings is 1. The Balaban J connectivity index is 1.51. The highest BCUT2D eigenvalue weighted by Gasteiger charge is 2.23. The second-order valence-corrected chi connectivity index (χ2v) is 8.67. The molecule has 6 nitrogen and oxygen atoms in total. The van der Waals surface area contributed by atoms with Gasteiger partial charge in [-0.25, -0.2) is 4.98 Å². The molecule has 0 spiro atoms. The first-order valence-corrected chi connectivity index (χ1v) is 11.4. The lowest BCUT2D eigenvalue weighted by molar-refractivity contribution is -0.115. The number of hydrogen-bond acceptors (Lipinski definition) is 6. The number of hydrogen-bond donors (Lipinski definition) is 1. The van der Waals surface area contributed by atoms with E-state index in [4.69, 9.17) is 14.5 Å². The molecule has 1 aliphatic carbocycles. The van der Waals surface area contributed by atoms with Gasteiger partial charge in [0.1, 0.15) is 24.3 Å². The molecule has 0 saturated heterocycles. The minimum absolute atomic E-state index is 0.111. The Labute approximate surface area is 181 Å². The van der Waals surface area contributed by atoms with E-state index in [-0.39, 0.29) is 11.2 Å². The molecule has 1 amide bonds. The molecule has 1 aromatic carbocycles. The van der Waals surface area contributed by atoms with E-state index in [1.807, 2.05) is 19.1 Å². The second kappa shape index (κ2) is 9.40. The van der Waals surface area contributed by atoms with E-state index in [0.717, 1.165) is 31.4 Å². The number of amides is 1.